The summed E-state index contributed by atoms with van der Waals surface area (Å²) in [4.78, 5) is 8.01. The fourth-order valence-corrected chi connectivity index (χ4v) is 3.79. The number of nitrogens with two attached hydrogens (primary N) is 1. The number of aliphatic imine (C=N–C) groups is 1. The first-order valence-electron chi connectivity index (χ1n) is 9.79. The number of nitrogens with one attached hydrogen (secondary N) is 1. The molecule has 3 N–H and O–H groups in total. The van der Waals surface area contributed by atoms with Crippen LogP contribution in [-0.2, 0) is 0 Å². The maximum absolute atomic E-state index is 5.85. The average molecular weight is 383 g/mol. The van der Waals surface area contributed by atoms with Crippen LogP contribution in [0.2, 0.25) is 0 Å². The lowest BCUT2D eigenvalue weighted by Gasteiger charge is -2.08. The second kappa shape index (κ2) is 8.33. The molecule has 2 heterocycles. The van der Waals surface area contributed by atoms with Crippen LogP contribution in [0.1, 0.15) is 28.9 Å². The van der Waals surface area contributed by atoms with Gasteiger partial charge in [0, 0.05) is 28.6 Å². The lowest BCUT2D eigenvalue weighted by molar-refractivity contribution is 0.420. The fraction of sp³-hybridized carbons (Fsp3) is 0.160. The number of H-pyrrole nitrogens is 1. The lowest BCUT2D eigenvalue weighted by Crippen LogP contribution is -2.02. The molecule has 0 saturated carbocycles. The Morgan fingerprint density at radius 1 is 1.14 bits per heavy atom. The molecule has 0 aliphatic carbocycles. The second-order valence-electron chi connectivity index (χ2n) is 7.06. The SMILES string of the molecule is COc1ccc(/C=C/c2cc(C)c(C(CCN)=C3C=CC=N3)[nH]2)c2ccccc12. The maximum Gasteiger partial charge on any atom is 0.126 e. The standard InChI is InChI=1S/C25H25N3O/c1-17-16-19(28-25(17)22(13-14-26)23-8-5-15-27-23)11-9-18-10-12-24(29-2)21-7-4-3-6-20(18)21/h3-12,15-16,28H,13-14,26H2,1-2H3/b11-9+,23-22?. The molecule has 0 amide bonds. The van der Waals surface area contributed by atoms with E-state index in [1.165, 1.54) is 10.9 Å². The van der Waals surface area contributed by atoms with Crippen LogP contribution in [0.3, 0.4) is 0 Å². The molecule has 0 bridgehead atoms. The monoisotopic (exact) mass is 383 g/mol. The van der Waals surface area contributed by atoms with Crippen LogP contribution in [-0.4, -0.2) is 24.9 Å². The number of methoxy groups -OCH3 is 1. The third-order valence-corrected chi connectivity index (χ3v) is 5.17. The normalized spacial score (nSPS) is 15.0. The van der Waals surface area contributed by atoms with E-state index in [9.17, 15) is 0 Å². The highest BCUT2D eigenvalue weighted by Crippen LogP contribution is 2.31. The lowest BCUT2D eigenvalue weighted by atomic mass is 10.0. The number of benzene rings is 2. The molecule has 146 valence electrons. The molecule has 1 aromatic heterocycles. The molecule has 4 heteroatoms. The molecule has 0 unspecified atom stereocenters. The van der Waals surface area contributed by atoms with Gasteiger partial charge < -0.3 is 15.5 Å². The maximum atomic E-state index is 5.85. The quantitative estimate of drug-likeness (QED) is 0.602. The number of allylic oxidation sites excluding steroid dienone is 2. The predicted molar refractivity (Wildman–Crippen MR) is 123 cm³/mol. The van der Waals surface area contributed by atoms with E-state index in [0.29, 0.717) is 6.54 Å². The van der Waals surface area contributed by atoms with Crippen molar-refractivity contribution < 1.29 is 4.74 Å². The summed E-state index contributed by atoms with van der Waals surface area (Å²) in [5, 5.41) is 2.28. The summed E-state index contributed by atoms with van der Waals surface area (Å²) < 4.78 is 5.50. The fourth-order valence-electron chi connectivity index (χ4n) is 3.79. The Hall–Kier alpha value is -3.37. The van der Waals surface area contributed by atoms with Gasteiger partial charge in [0.05, 0.1) is 12.8 Å². The third kappa shape index (κ3) is 3.80. The van der Waals surface area contributed by atoms with E-state index in [2.05, 4.69) is 59.4 Å². The highest BCUT2D eigenvalue weighted by atomic mass is 16.5. The van der Waals surface area contributed by atoms with E-state index < -0.39 is 0 Å². The molecule has 4 rings (SSSR count). The summed E-state index contributed by atoms with van der Waals surface area (Å²) in [5.74, 6) is 0.888. The summed E-state index contributed by atoms with van der Waals surface area (Å²) in [6.07, 6.45) is 10.8. The van der Waals surface area contributed by atoms with E-state index in [4.69, 9.17) is 10.5 Å². The molecular formula is C25H25N3O. The van der Waals surface area contributed by atoms with Crippen molar-refractivity contribution in [2.45, 2.75) is 13.3 Å². The van der Waals surface area contributed by atoms with Crippen molar-refractivity contribution in [3.8, 4) is 5.75 Å². The molecule has 0 saturated heterocycles. The molecule has 3 aromatic rings. The third-order valence-electron chi connectivity index (χ3n) is 5.17. The van der Waals surface area contributed by atoms with Crippen molar-refractivity contribution in [2.24, 2.45) is 10.7 Å². The van der Waals surface area contributed by atoms with Gasteiger partial charge in [-0.25, -0.2) is 0 Å². The molecule has 1 aliphatic heterocycles. The number of ether oxygens (including phenoxy) is 1. The molecule has 0 atom stereocenters. The first-order valence-corrected chi connectivity index (χ1v) is 9.79. The van der Waals surface area contributed by atoms with Crippen molar-refractivity contribution in [3.63, 3.8) is 0 Å². The Balaban J connectivity index is 1.70. The Bertz CT molecular complexity index is 1150. The number of hydrogen-bond acceptors (Lipinski definition) is 3. The Labute approximate surface area is 171 Å². The van der Waals surface area contributed by atoms with Crippen molar-refractivity contribution in [2.75, 3.05) is 13.7 Å². The largest absolute Gasteiger partial charge is 0.496 e. The van der Waals surface area contributed by atoms with Gasteiger partial charge in [-0.1, -0.05) is 36.4 Å². The Morgan fingerprint density at radius 2 is 1.97 bits per heavy atom. The van der Waals surface area contributed by atoms with E-state index in [0.717, 1.165) is 45.8 Å². The zero-order valence-corrected chi connectivity index (χ0v) is 16.8. The molecular weight excluding hydrogens is 358 g/mol. The Kier molecular flexibility index (Phi) is 5.45. The molecule has 0 radical (unpaired) electrons. The number of hydrogen-bond donors (Lipinski definition) is 2. The van der Waals surface area contributed by atoms with Gasteiger partial charge in [-0.3, -0.25) is 4.99 Å². The molecule has 0 fully saturated rings. The number of aromatic amines is 1. The van der Waals surface area contributed by atoms with Gasteiger partial charge in [0.1, 0.15) is 5.75 Å². The van der Waals surface area contributed by atoms with Crippen LogP contribution < -0.4 is 10.5 Å². The van der Waals surface area contributed by atoms with Crippen molar-refractivity contribution in [3.05, 3.63) is 82.8 Å². The van der Waals surface area contributed by atoms with Crippen molar-refractivity contribution in [1.29, 1.82) is 0 Å². The summed E-state index contributed by atoms with van der Waals surface area (Å²) >= 11 is 0. The summed E-state index contributed by atoms with van der Waals surface area (Å²) in [5.41, 5.74) is 12.5. The number of fused-ring (bicyclic) bond motifs is 1. The predicted octanol–water partition coefficient (Wildman–Crippen LogP) is 5.36. The average Bonchev–Trinajstić information content (AvgIpc) is 3.40. The van der Waals surface area contributed by atoms with Crippen LogP contribution in [0.4, 0.5) is 0 Å². The van der Waals surface area contributed by atoms with Gasteiger partial charge >= 0.3 is 0 Å². The first kappa shape index (κ1) is 19.0. The number of rotatable bonds is 6. The van der Waals surface area contributed by atoms with E-state index >= 15 is 0 Å². The molecule has 2 aromatic carbocycles. The van der Waals surface area contributed by atoms with Crippen LogP contribution in [0, 0.1) is 6.92 Å². The van der Waals surface area contributed by atoms with Crippen molar-refractivity contribution in [1.82, 2.24) is 4.98 Å². The van der Waals surface area contributed by atoms with E-state index in [-0.39, 0.29) is 0 Å². The minimum atomic E-state index is 0.587. The zero-order chi connectivity index (χ0) is 20.2. The Morgan fingerprint density at radius 3 is 2.69 bits per heavy atom. The molecule has 4 nitrogen and oxygen atoms in total. The van der Waals surface area contributed by atoms with Crippen LogP contribution in [0.5, 0.6) is 5.75 Å². The van der Waals surface area contributed by atoms with Gasteiger partial charge in [0.15, 0.2) is 0 Å². The highest BCUT2D eigenvalue weighted by molar-refractivity contribution is 5.96. The second-order valence-corrected chi connectivity index (χ2v) is 7.06. The van der Waals surface area contributed by atoms with Gasteiger partial charge in [-0.05, 0) is 66.8 Å². The van der Waals surface area contributed by atoms with E-state index in [1.54, 1.807) is 7.11 Å². The molecule has 29 heavy (non-hydrogen) atoms. The summed E-state index contributed by atoms with van der Waals surface area (Å²) in [6.45, 7) is 2.70. The highest BCUT2D eigenvalue weighted by Gasteiger charge is 2.13. The number of aryl methyl sites for hydroxylation is 1. The molecule has 1 aliphatic rings. The first-order chi connectivity index (χ1) is 14.2. The topological polar surface area (TPSA) is 63.4 Å². The summed E-state index contributed by atoms with van der Waals surface area (Å²) in [6, 6.07) is 14.6. The van der Waals surface area contributed by atoms with Gasteiger partial charge in [0.2, 0.25) is 0 Å². The van der Waals surface area contributed by atoms with Crippen molar-refractivity contribution >= 4 is 34.7 Å². The smallest absolute Gasteiger partial charge is 0.126 e. The van der Waals surface area contributed by atoms with Crippen LogP contribution in [0.25, 0.3) is 28.5 Å². The van der Waals surface area contributed by atoms with Gasteiger partial charge in [0.25, 0.3) is 0 Å². The summed E-state index contributed by atoms with van der Waals surface area (Å²) in [7, 11) is 1.71. The number of aromatic nitrogens is 1. The number of nitrogens with zero attached hydrogens (tertiary/aromatic N) is 1. The van der Waals surface area contributed by atoms with Crippen LogP contribution >= 0.6 is 0 Å². The minimum absolute atomic E-state index is 0.587. The van der Waals surface area contributed by atoms with Gasteiger partial charge in [-0.15, -0.1) is 0 Å². The van der Waals surface area contributed by atoms with Gasteiger partial charge in [-0.2, -0.15) is 0 Å². The zero-order valence-electron chi connectivity index (χ0n) is 16.8. The molecule has 0 spiro atoms. The van der Waals surface area contributed by atoms with Crippen LogP contribution in [0.15, 0.2) is 65.3 Å². The minimum Gasteiger partial charge on any atom is -0.496 e. The van der Waals surface area contributed by atoms with E-state index in [1.807, 2.05) is 30.5 Å².